The summed E-state index contributed by atoms with van der Waals surface area (Å²) in [7, 11) is 0. The smallest absolute Gasteiger partial charge is 0.257 e. The molecule has 0 bridgehead atoms. The fourth-order valence-electron chi connectivity index (χ4n) is 1.57. The molecule has 0 saturated heterocycles. The molecule has 0 unspecified atom stereocenters. The van der Waals surface area contributed by atoms with E-state index in [1.165, 1.54) is 6.07 Å². The molecule has 0 aromatic carbocycles. The van der Waals surface area contributed by atoms with Crippen molar-refractivity contribution in [1.82, 2.24) is 15.1 Å². The molecule has 0 aliphatic heterocycles. The van der Waals surface area contributed by atoms with E-state index in [9.17, 15) is 4.79 Å². The quantitative estimate of drug-likeness (QED) is 0.838. The Balaban J connectivity index is 2.97. The number of carbonyl (C=O) groups is 1. The van der Waals surface area contributed by atoms with Crippen molar-refractivity contribution in [2.75, 3.05) is 13.1 Å². The highest BCUT2D eigenvalue weighted by molar-refractivity contribution is 6.34. The summed E-state index contributed by atoms with van der Waals surface area (Å²) < 4.78 is 0. The van der Waals surface area contributed by atoms with Crippen molar-refractivity contribution in [2.45, 2.75) is 20.3 Å². The summed E-state index contributed by atoms with van der Waals surface area (Å²) in [6, 6.07) is 3.41. The van der Waals surface area contributed by atoms with Gasteiger partial charge in [-0.15, -0.1) is 10.2 Å². The molecule has 0 N–H and O–H groups in total. The summed E-state index contributed by atoms with van der Waals surface area (Å²) in [6.45, 7) is 4.87. The molecule has 0 aliphatic carbocycles. The van der Waals surface area contributed by atoms with E-state index >= 15 is 0 Å². The van der Waals surface area contributed by atoms with Crippen LogP contribution in [0.15, 0.2) is 6.07 Å². The Kier molecular flexibility index (Phi) is 6.00. The lowest BCUT2D eigenvalue weighted by Crippen LogP contribution is -2.35. The Bertz CT molecular complexity index is 499. The molecule has 1 rings (SSSR count). The monoisotopic (exact) mass is 300 g/mol. The summed E-state index contributed by atoms with van der Waals surface area (Å²) in [5.41, 5.74) is 0.209. The molecular weight excluding hydrogens is 287 g/mol. The lowest BCUT2D eigenvalue weighted by molar-refractivity contribution is 0.0739. The van der Waals surface area contributed by atoms with E-state index < -0.39 is 0 Å². The number of nitriles is 1. The van der Waals surface area contributed by atoms with Crippen molar-refractivity contribution >= 4 is 29.1 Å². The van der Waals surface area contributed by atoms with Crippen LogP contribution in [0.5, 0.6) is 0 Å². The van der Waals surface area contributed by atoms with Gasteiger partial charge in [-0.3, -0.25) is 4.79 Å². The number of carbonyl (C=O) groups excluding carboxylic acids is 1. The Morgan fingerprint density at radius 2 is 2.16 bits per heavy atom. The van der Waals surface area contributed by atoms with Crippen LogP contribution in [-0.2, 0) is 0 Å². The Hall–Kier alpha value is -1.38. The van der Waals surface area contributed by atoms with E-state index in [2.05, 4.69) is 10.2 Å². The van der Waals surface area contributed by atoms with Crippen LogP contribution in [0.3, 0.4) is 0 Å². The topological polar surface area (TPSA) is 69.9 Å². The number of amides is 1. The van der Waals surface area contributed by atoms with Gasteiger partial charge in [-0.25, -0.2) is 0 Å². The number of hydrogen-bond acceptors (Lipinski definition) is 4. The number of halogens is 2. The maximum Gasteiger partial charge on any atom is 0.257 e. The van der Waals surface area contributed by atoms with E-state index in [1.54, 1.807) is 4.90 Å². The SMILES string of the molecule is CC(C)CN(CCC#N)C(=O)c1cc(Cl)nnc1Cl. The zero-order chi connectivity index (χ0) is 14.4. The summed E-state index contributed by atoms with van der Waals surface area (Å²) >= 11 is 11.6. The first kappa shape index (κ1) is 15.7. The molecule has 7 heteroatoms. The first-order chi connectivity index (χ1) is 8.95. The van der Waals surface area contributed by atoms with Crippen LogP contribution in [0, 0.1) is 17.2 Å². The van der Waals surface area contributed by atoms with Crippen LogP contribution < -0.4 is 0 Å². The molecule has 1 aromatic rings. The van der Waals surface area contributed by atoms with Crippen LogP contribution in [-0.4, -0.2) is 34.1 Å². The average Bonchev–Trinajstić information content (AvgIpc) is 2.36. The van der Waals surface area contributed by atoms with Gasteiger partial charge in [0.1, 0.15) is 0 Å². The standard InChI is InChI=1S/C12H14Cl2N4O/c1-8(2)7-18(5-3-4-15)12(19)9-6-10(13)16-17-11(9)14/h6,8H,3,5,7H2,1-2H3. The molecule has 0 fully saturated rings. The van der Waals surface area contributed by atoms with Crippen molar-refractivity contribution in [2.24, 2.45) is 5.92 Å². The number of nitrogens with zero attached hydrogens (tertiary/aromatic N) is 4. The van der Waals surface area contributed by atoms with Crippen LogP contribution >= 0.6 is 23.2 Å². The Morgan fingerprint density at radius 1 is 1.47 bits per heavy atom. The molecule has 0 radical (unpaired) electrons. The van der Waals surface area contributed by atoms with Gasteiger partial charge in [0.25, 0.3) is 5.91 Å². The molecular formula is C12H14Cl2N4O. The summed E-state index contributed by atoms with van der Waals surface area (Å²) in [5.74, 6) is -0.00237. The zero-order valence-corrected chi connectivity index (χ0v) is 12.2. The number of rotatable bonds is 5. The van der Waals surface area contributed by atoms with Gasteiger partial charge in [0, 0.05) is 13.1 Å². The number of aromatic nitrogens is 2. The second kappa shape index (κ2) is 7.27. The van der Waals surface area contributed by atoms with Crippen LogP contribution in [0.4, 0.5) is 0 Å². The highest BCUT2D eigenvalue weighted by Crippen LogP contribution is 2.18. The molecule has 19 heavy (non-hydrogen) atoms. The summed E-state index contributed by atoms with van der Waals surface area (Å²) in [5, 5.41) is 15.9. The molecule has 102 valence electrons. The predicted molar refractivity (Wildman–Crippen MR) is 73.0 cm³/mol. The van der Waals surface area contributed by atoms with Crippen molar-refractivity contribution in [3.8, 4) is 6.07 Å². The highest BCUT2D eigenvalue weighted by atomic mass is 35.5. The fourth-order valence-corrected chi connectivity index (χ4v) is 1.89. The van der Waals surface area contributed by atoms with Gasteiger partial charge < -0.3 is 4.90 Å². The Labute approximate surface area is 122 Å². The fraction of sp³-hybridized carbons (Fsp3) is 0.500. The van der Waals surface area contributed by atoms with Crippen LogP contribution in [0.1, 0.15) is 30.6 Å². The van der Waals surface area contributed by atoms with Crippen molar-refractivity contribution in [3.63, 3.8) is 0 Å². The summed E-state index contributed by atoms with van der Waals surface area (Å²) in [4.78, 5) is 13.9. The zero-order valence-electron chi connectivity index (χ0n) is 10.7. The van der Waals surface area contributed by atoms with Crippen molar-refractivity contribution < 1.29 is 4.79 Å². The molecule has 0 spiro atoms. The molecule has 5 nitrogen and oxygen atoms in total. The second-order valence-electron chi connectivity index (χ2n) is 4.42. The van der Waals surface area contributed by atoms with Gasteiger partial charge >= 0.3 is 0 Å². The normalized spacial score (nSPS) is 10.3. The molecule has 1 aromatic heterocycles. The van der Waals surface area contributed by atoms with Gasteiger partial charge in [-0.05, 0) is 12.0 Å². The van der Waals surface area contributed by atoms with Crippen molar-refractivity contribution in [1.29, 1.82) is 5.26 Å². The largest absolute Gasteiger partial charge is 0.337 e. The van der Waals surface area contributed by atoms with E-state index in [1.807, 2.05) is 19.9 Å². The lowest BCUT2D eigenvalue weighted by atomic mass is 10.1. The first-order valence-electron chi connectivity index (χ1n) is 5.80. The minimum Gasteiger partial charge on any atom is -0.337 e. The average molecular weight is 301 g/mol. The van der Waals surface area contributed by atoms with E-state index in [-0.39, 0.29) is 34.1 Å². The maximum atomic E-state index is 12.4. The van der Waals surface area contributed by atoms with Gasteiger partial charge in [0.2, 0.25) is 0 Å². The second-order valence-corrected chi connectivity index (χ2v) is 5.17. The molecule has 0 atom stereocenters. The van der Waals surface area contributed by atoms with E-state index in [0.29, 0.717) is 13.1 Å². The minimum atomic E-state index is -0.286. The number of hydrogen-bond donors (Lipinski definition) is 0. The third kappa shape index (κ3) is 4.66. The first-order valence-corrected chi connectivity index (χ1v) is 6.56. The third-order valence-corrected chi connectivity index (χ3v) is 2.78. The molecule has 1 amide bonds. The third-order valence-electron chi connectivity index (χ3n) is 2.32. The predicted octanol–water partition coefficient (Wildman–Crippen LogP) is 2.80. The molecule has 0 saturated carbocycles. The van der Waals surface area contributed by atoms with Crippen LogP contribution in [0.2, 0.25) is 10.3 Å². The van der Waals surface area contributed by atoms with E-state index in [0.717, 1.165) is 0 Å². The van der Waals surface area contributed by atoms with Gasteiger partial charge in [-0.1, -0.05) is 37.0 Å². The minimum absolute atomic E-state index is 0.0140. The Morgan fingerprint density at radius 3 is 2.74 bits per heavy atom. The van der Waals surface area contributed by atoms with Crippen LogP contribution in [0.25, 0.3) is 0 Å². The maximum absolute atomic E-state index is 12.4. The van der Waals surface area contributed by atoms with Gasteiger partial charge in [-0.2, -0.15) is 5.26 Å². The van der Waals surface area contributed by atoms with Gasteiger partial charge in [0.15, 0.2) is 10.3 Å². The van der Waals surface area contributed by atoms with E-state index in [4.69, 9.17) is 28.5 Å². The molecule has 1 heterocycles. The van der Waals surface area contributed by atoms with Crippen molar-refractivity contribution in [3.05, 3.63) is 21.9 Å². The molecule has 0 aliphatic rings. The highest BCUT2D eigenvalue weighted by Gasteiger charge is 2.20. The summed E-state index contributed by atoms with van der Waals surface area (Å²) in [6.07, 6.45) is 0.266. The lowest BCUT2D eigenvalue weighted by Gasteiger charge is -2.23. The van der Waals surface area contributed by atoms with Gasteiger partial charge in [0.05, 0.1) is 18.1 Å².